The molecule has 0 radical (unpaired) electrons. The molecule has 4 heteroatoms. The number of nitrogens with zero attached hydrogens (tertiary/aromatic N) is 1. The van der Waals surface area contributed by atoms with Crippen molar-refractivity contribution in [1.82, 2.24) is 9.88 Å². The van der Waals surface area contributed by atoms with Crippen molar-refractivity contribution in [2.24, 2.45) is 0 Å². The van der Waals surface area contributed by atoms with Crippen LogP contribution in [-0.4, -0.2) is 34.8 Å². The Bertz CT molecular complexity index is 644. The minimum atomic E-state index is 0.0101. The maximum atomic E-state index is 11.5. The number of fused-ring (bicyclic) bond motifs is 1. The van der Waals surface area contributed by atoms with Gasteiger partial charge in [-0.15, -0.1) is 11.6 Å². The first-order chi connectivity index (χ1) is 9.29. The number of rotatable bonds is 2. The molecule has 0 atom stereocenters. The predicted molar refractivity (Wildman–Crippen MR) is 78.2 cm³/mol. The van der Waals surface area contributed by atoms with Crippen LogP contribution in [0.25, 0.3) is 16.5 Å². The zero-order valence-electron chi connectivity index (χ0n) is 10.5. The topological polar surface area (TPSA) is 36.1 Å². The molecule has 1 aromatic heterocycles. The highest BCUT2D eigenvalue weighted by Crippen LogP contribution is 2.29. The molecule has 2 heterocycles. The second-order valence-electron chi connectivity index (χ2n) is 4.70. The van der Waals surface area contributed by atoms with Gasteiger partial charge in [0, 0.05) is 35.8 Å². The fraction of sp³-hybridized carbons (Fsp3) is 0.267. The zero-order valence-corrected chi connectivity index (χ0v) is 11.3. The summed E-state index contributed by atoms with van der Waals surface area (Å²) >= 11 is 5.58. The molecule has 1 aromatic carbocycles. The highest BCUT2D eigenvalue weighted by atomic mass is 35.5. The number of H-pyrrole nitrogens is 1. The molecule has 0 saturated carbocycles. The van der Waals surface area contributed by atoms with E-state index in [1.807, 2.05) is 12.1 Å². The van der Waals surface area contributed by atoms with Gasteiger partial charge in [-0.2, -0.15) is 0 Å². The second-order valence-corrected chi connectivity index (χ2v) is 4.97. The van der Waals surface area contributed by atoms with Gasteiger partial charge in [0.1, 0.15) is 5.88 Å². The van der Waals surface area contributed by atoms with Gasteiger partial charge in [-0.1, -0.05) is 24.3 Å². The maximum Gasteiger partial charge on any atom is 0.237 e. The largest absolute Gasteiger partial charge is 0.361 e. The van der Waals surface area contributed by atoms with E-state index in [-0.39, 0.29) is 11.8 Å². The minimum absolute atomic E-state index is 0.0101. The van der Waals surface area contributed by atoms with Crippen LogP contribution in [0.1, 0.15) is 12.0 Å². The highest BCUT2D eigenvalue weighted by molar-refractivity contribution is 6.27. The SMILES string of the molecule is O=C(CCl)N1CC=C(c2c[nH]c3ccccc23)CC1. The van der Waals surface area contributed by atoms with Crippen LogP contribution in [0.3, 0.4) is 0 Å². The first-order valence-electron chi connectivity index (χ1n) is 6.39. The summed E-state index contributed by atoms with van der Waals surface area (Å²) in [7, 11) is 0. The Morgan fingerprint density at radius 3 is 2.95 bits per heavy atom. The molecule has 0 spiro atoms. The molecule has 0 fully saturated rings. The number of benzene rings is 1. The van der Waals surface area contributed by atoms with Crippen LogP contribution >= 0.6 is 11.6 Å². The zero-order chi connectivity index (χ0) is 13.2. The van der Waals surface area contributed by atoms with Gasteiger partial charge in [-0.05, 0) is 18.1 Å². The van der Waals surface area contributed by atoms with Crippen LogP contribution < -0.4 is 0 Å². The van der Waals surface area contributed by atoms with Crippen LogP contribution in [0.15, 0.2) is 36.5 Å². The fourth-order valence-corrected chi connectivity index (χ4v) is 2.73. The van der Waals surface area contributed by atoms with Gasteiger partial charge in [0.15, 0.2) is 0 Å². The maximum absolute atomic E-state index is 11.5. The van der Waals surface area contributed by atoms with Crippen LogP contribution in [0.2, 0.25) is 0 Å². The van der Waals surface area contributed by atoms with E-state index >= 15 is 0 Å². The molecule has 1 aliphatic rings. The molecule has 0 bridgehead atoms. The Labute approximate surface area is 116 Å². The average Bonchev–Trinajstić information content (AvgIpc) is 2.90. The number of alkyl halides is 1. The van der Waals surface area contributed by atoms with E-state index in [0.29, 0.717) is 6.54 Å². The van der Waals surface area contributed by atoms with Crippen LogP contribution in [-0.2, 0) is 4.79 Å². The van der Waals surface area contributed by atoms with Gasteiger partial charge < -0.3 is 9.88 Å². The van der Waals surface area contributed by atoms with Crippen LogP contribution in [0.5, 0.6) is 0 Å². The lowest BCUT2D eigenvalue weighted by atomic mass is 9.99. The Balaban J connectivity index is 1.88. The number of carbonyl (C=O) groups excluding carboxylic acids is 1. The summed E-state index contributed by atoms with van der Waals surface area (Å²) in [6.45, 7) is 1.40. The van der Waals surface area contributed by atoms with E-state index in [0.717, 1.165) is 18.5 Å². The molecular weight excluding hydrogens is 260 g/mol. The van der Waals surface area contributed by atoms with Gasteiger partial charge in [-0.3, -0.25) is 4.79 Å². The van der Waals surface area contributed by atoms with Gasteiger partial charge in [0.25, 0.3) is 0 Å². The molecule has 0 aliphatic carbocycles. The van der Waals surface area contributed by atoms with Crippen molar-refractivity contribution in [3.8, 4) is 0 Å². The summed E-state index contributed by atoms with van der Waals surface area (Å²) in [4.78, 5) is 16.6. The third-order valence-corrected chi connectivity index (χ3v) is 3.84. The Hall–Kier alpha value is -1.74. The Morgan fingerprint density at radius 2 is 2.21 bits per heavy atom. The molecular formula is C15H15ClN2O. The molecule has 3 nitrogen and oxygen atoms in total. The monoisotopic (exact) mass is 274 g/mol. The molecule has 98 valence electrons. The number of hydrogen-bond donors (Lipinski definition) is 1. The van der Waals surface area contributed by atoms with Crippen molar-refractivity contribution in [3.05, 3.63) is 42.1 Å². The molecule has 0 saturated heterocycles. The van der Waals surface area contributed by atoms with E-state index in [1.165, 1.54) is 16.5 Å². The van der Waals surface area contributed by atoms with Crippen LogP contribution in [0, 0.1) is 0 Å². The number of amides is 1. The summed E-state index contributed by atoms with van der Waals surface area (Å²) in [5.41, 5.74) is 3.70. The molecule has 1 amide bonds. The number of halogens is 1. The number of nitrogens with one attached hydrogen (secondary N) is 1. The molecule has 19 heavy (non-hydrogen) atoms. The summed E-state index contributed by atoms with van der Waals surface area (Å²) < 4.78 is 0. The van der Waals surface area contributed by atoms with Gasteiger partial charge in [0.05, 0.1) is 0 Å². The fourth-order valence-electron chi connectivity index (χ4n) is 2.56. The van der Waals surface area contributed by atoms with Gasteiger partial charge in [0.2, 0.25) is 5.91 Å². The molecule has 1 aliphatic heterocycles. The minimum Gasteiger partial charge on any atom is -0.361 e. The lowest BCUT2D eigenvalue weighted by Gasteiger charge is -2.25. The van der Waals surface area contributed by atoms with Crippen molar-refractivity contribution >= 4 is 34.0 Å². The lowest BCUT2D eigenvalue weighted by molar-refractivity contribution is -0.128. The molecule has 0 unspecified atom stereocenters. The number of aromatic nitrogens is 1. The Kier molecular flexibility index (Phi) is 3.30. The quantitative estimate of drug-likeness (QED) is 0.840. The second kappa shape index (κ2) is 5.10. The number of aromatic amines is 1. The lowest BCUT2D eigenvalue weighted by Crippen LogP contribution is -2.35. The number of para-hydroxylation sites is 1. The predicted octanol–water partition coefficient (Wildman–Crippen LogP) is 3.02. The average molecular weight is 275 g/mol. The Morgan fingerprint density at radius 1 is 1.37 bits per heavy atom. The van der Waals surface area contributed by atoms with Crippen molar-refractivity contribution in [2.75, 3.05) is 19.0 Å². The van der Waals surface area contributed by atoms with Crippen molar-refractivity contribution in [2.45, 2.75) is 6.42 Å². The van der Waals surface area contributed by atoms with Crippen molar-refractivity contribution in [1.29, 1.82) is 0 Å². The smallest absolute Gasteiger partial charge is 0.237 e. The normalized spacial score (nSPS) is 15.6. The summed E-state index contributed by atoms with van der Waals surface area (Å²) in [6, 6.07) is 8.27. The molecule has 1 N–H and O–H groups in total. The number of carbonyl (C=O) groups is 1. The number of hydrogen-bond acceptors (Lipinski definition) is 1. The first-order valence-corrected chi connectivity index (χ1v) is 6.92. The van der Waals surface area contributed by atoms with Gasteiger partial charge in [-0.25, -0.2) is 0 Å². The van der Waals surface area contributed by atoms with E-state index in [1.54, 1.807) is 4.90 Å². The molecule has 2 aromatic rings. The van der Waals surface area contributed by atoms with E-state index < -0.39 is 0 Å². The third-order valence-electron chi connectivity index (χ3n) is 3.61. The standard InChI is InChI=1S/C15H15ClN2O/c16-9-15(19)18-7-5-11(6-8-18)13-10-17-14-4-2-1-3-12(13)14/h1-5,10,17H,6-9H2. The van der Waals surface area contributed by atoms with E-state index in [2.05, 4.69) is 29.4 Å². The summed E-state index contributed by atoms with van der Waals surface area (Å²) in [5, 5.41) is 1.24. The third kappa shape index (κ3) is 2.26. The summed E-state index contributed by atoms with van der Waals surface area (Å²) in [5.74, 6) is 0.0758. The van der Waals surface area contributed by atoms with E-state index in [9.17, 15) is 4.79 Å². The first kappa shape index (κ1) is 12.3. The highest BCUT2D eigenvalue weighted by Gasteiger charge is 2.18. The van der Waals surface area contributed by atoms with Crippen LogP contribution in [0.4, 0.5) is 0 Å². The van der Waals surface area contributed by atoms with E-state index in [4.69, 9.17) is 11.6 Å². The summed E-state index contributed by atoms with van der Waals surface area (Å²) in [6.07, 6.45) is 5.06. The van der Waals surface area contributed by atoms with Gasteiger partial charge >= 0.3 is 0 Å². The molecule has 3 rings (SSSR count). The van der Waals surface area contributed by atoms with Crippen molar-refractivity contribution in [3.63, 3.8) is 0 Å². The van der Waals surface area contributed by atoms with Crippen molar-refractivity contribution < 1.29 is 4.79 Å².